The van der Waals surface area contributed by atoms with Crippen LogP contribution in [0, 0.1) is 5.92 Å². The van der Waals surface area contributed by atoms with E-state index < -0.39 is 0 Å². The molecule has 0 N–H and O–H groups in total. The number of hydrogen-bond donors (Lipinski definition) is 0. The van der Waals surface area contributed by atoms with Crippen molar-refractivity contribution in [2.45, 2.75) is 91.4 Å². The second-order valence-corrected chi connectivity index (χ2v) is 8.48. The Labute approximate surface area is 179 Å². The van der Waals surface area contributed by atoms with Gasteiger partial charge in [0.1, 0.15) is 5.75 Å². The molecular formula is C27H41NO. The van der Waals surface area contributed by atoms with Crippen LogP contribution in [-0.2, 0) is 6.42 Å². The maximum atomic E-state index is 5.84. The molecule has 2 heteroatoms. The fourth-order valence-corrected chi connectivity index (χ4v) is 3.46. The third-order valence-corrected chi connectivity index (χ3v) is 5.78. The van der Waals surface area contributed by atoms with E-state index in [-0.39, 0.29) is 0 Å². The molecule has 2 rings (SSSR count). The van der Waals surface area contributed by atoms with Crippen molar-refractivity contribution in [3.8, 4) is 17.0 Å². The zero-order chi connectivity index (χ0) is 20.7. The van der Waals surface area contributed by atoms with Crippen LogP contribution < -0.4 is 4.74 Å². The number of pyridine rings is 1. The summed E-state index contributed by atoms with van der Waals surface area (Å²) in [6, 6.07) is 12.7. The number of benzene rings is 1. The standard InChI is InChI=1S/C27H41NO/c1-4-6-7-8-9-10-11-12-13-14-24-15-20-27(28-21-24)25-16-18-26(19-17-25)29-22-23(3)5-2/h15-21,23H,4-14,22H2,1-3H3. The summed E-state index contributed by atoms with van der Waals surface area (Å²) in [5, 5.41) is 0. The molecule has 0 fully saturated rings. The fraction of sp³-hybridized carbons (Fsp3) is 0.593. The molecule has 1 unspecified atom stereocenters. The molecular weight excluding hydrogens is 354 g/mol. The molecule has 0 aliphatic carbocycles. The molecule has 1 aromatic carbocycles. The normalized spacial score (nSPS) is 12.1. The van der Waals surface area contributed by atoms with Crippen molar-refractivity contribution >= 4 is 0 Å². The minimum Gasteiger partial charge on any atom is -0.493 e. The third kappa shape index (κ3) is 9.47. The number of hydrogen-bond acceptors (Lipinski definition) is 2. The summed E-state index contributed by atoms with van der Waals surface area (Å²) in [7, 11) is 0. The van der Waals surface area contributed by atoms with Crippen LogP contribution in [0.25, 0.3) is 11.3 Å². The SMILES string of the molecule is CCCCCCCCCCCc1ccc(-c2ccc(OCC(C)CC)cc2)nc1. The number of ether oxygens (including phenoxy) is 1. The van der Waals surface area contributed by atoms with Crippen LogP contribution in [-0.4, -0.2) is 11.6 Å². The molecule has 0 bridgehead atoms. The van der Waals surface area contributed by atoms with E-state index in [1.165, 1.54) is 63.4 Å². The van der Waals surface area contributed by atoms with Crippen molar-refractivity contribution in [3.05, 3.63) is 48.2 Å². The van der Waals surface area contributed by atoms with Gasteiger partial charge in [-0.1, -0.05) is 84.6 Å². The first-order valence-electron chi connectivity index (χ1n) is 11.9. The van der Waals surface area contributed by atoms with Gasteiger partial charge >= 0.3 is 0 Å². The number of aromatic nitrogens is 1. The van der Waals surface area contributed by atoms with Gasteiger partial charge in [-0.25, -0.2) is 0 Å². The minimum atomic E-state index is 0.592. The van der Waals surface area contributed by atoms with Gasteiger partial charge in [0.25, 0.3) is 0 Å². The molecule has 0 saturated heterocycles. The van der Waals surface area contributed by atoms with Gasteiger partial charge in [-0.05, 0) is 54.7 Å². The van der Waals surface area contributed by atoms with Gasteiger partial charge in [0.2, 0.25) is 0 Å². The second kappa shape index (κ2) is 14.2. The molecule has 29 heavy (non-hydrogen) atoms. The summed E-state index contributed by atoms with van der Waals surface area (Å²) >= 11 is 0. The van der Waals surface area contributed by atoms with Gasteiger partial charge in [-0.15, -0.1) is 0 Å². The van der Waals surface area contributed by atoms with Gasteiger partial charge in [0.15, 0.2) is 0 Å². The highest BCUT2D eigenvalue weighted by Gasteiger charge is 2.03. The summed E-state index contributed by atoms with van der Waals surface area (Å²) < 4.78 is 5.84. The molecule has 1 atom stereocenters. The van der Waals surface area contributed by atoms with Gasteiger partial charge in [0.05, 0.1) is 12.3 Å². The topological polar surface area (TPSA) is 22.1 Å². The first-order valence-corrected chi connectivity index (χ1v) is 11.9. The zero-order valence-electron chi connectivity index (χ0n) is 19.0. The van der Waals surface area contributed by atoms with Crippen LogP contribution in [0.4, 0.5) is 0 Å². The van der Waals surface area contributed by atoms with Crippen molar-refractivity contribution in [1.82, 2.24) is 4.98 Å². The van der Waals surface area contributed by atoms with Crippen molar-refractivity contribution < 1.29 is 4.74 Å². The van der Waals surface area contributed by atoms with Crippen LogP contribution in [0.15, 0.2) is 42.6 Å². The van der Waals surface area contributed by atoms with E-state index in [1.54, 1.807) is 0 Å². The van der Waals surface area contributed by atoms with Crippen molar-refractivity contribution in [2.24, 2.45) is 5.92 Å². The molecule has 2 aromatic rings. The van der Waals surface area contributed by atoms with Crippen LogP contribution in [0.2, 0.25) is 0 Å². The molecule has 0 saturated carbocycles. The van der Waals surface area contributed by atoms with E-state index in [0.29, 0.717) is 5.92 Å². The maximum Gasteiger partial charge on any atom is 0.119 e. The molecule has 1 aromatic heterocycles. The number of aryl methyl sites for hydroxylation is 1. The fourth-order valence-electron chi connectivity index (χ4n) is 3.46. The van der Waals surface area contributed by atoms with E-state index in [4.69, 9.17) is 4.74 Å². The number of rotatable bonds is 15. The lowest BCUT2D eigenvalue weighted by Gasteiger charge is -2.11. The van der Waals surface area contributed by atoms with Crippen LogP contribution in [0.3, 0.4) is 0 Å². The molecule has 0 radical (unpaired) electrons. The van der Waals surface area contributed by atoms with Gasteiger partial charge in [-0.2, -0.15) is 0 Å². The third-order valence-electron chi connectivity index (χ3n) is 5.78. The highest BCUT2D eigenvalue weighted by Crippen LogP contribution is 2.22. The Balaban J connectivity index is 1.67. The van der Waals surface area contributed by atoms with Crippen LogP contribution in [0.1, 0.15) is 90.5 Å². The molecule has 0 aliphatic heterocycles. The zero-order valence-corrected chi connectivity index (χ0v) is 19.0. The Bertz CT molecular complexity index is 647. The highest BCUT2D eigenvalue weighted by molar-refractivity contribution is 5.60. The first kappa shape index (κ1) is 23.4. The van der Waals surface area contributed by atoms with Gasteiger partial charge in [0, 0.05) is 11.8 Å². The molecule has 0 spiro atoms. The predicted molar refractivity (Wildman–Crippen MR) is 126 cm³/mol. The molecule has 0 amide bonds. The largest absolute Gasteiger partial charge is 0.493 e. The quantitative estimate of drug-likeness (QED) is 0.283. The molecule has 0 aliphatic rings. The average molecular weight is 396 g/mol. The Hall–Kier alpha value is -1.83. The summed E-state index contributed by atoms with van der Waals surface area (Å²) in [6.45, 7) is 7.47. The predicted octanol–water partition coefficient (Wildman–Crippen LogP) is 8.25. The highest BCUT2D eigenvalue weighted by atomic mass is 16.5. The van der Waals surface area contributed by atoms with E-state index in [2.05, 4.69) is 62.2 Å². The van der Waals surface area contributed by atoms with Crippen LogP contribution >= 0.6 is 0 Å². The lowest BCUT2D eigenvalue weighted by molar-refractivity contribution is 0.256. The lowest BCUT2D eigenvalue weighted by atomic mass is 10.0. The van der Waals surface area contributed by atoms with E-state index in [1.807, 2.05) is 6.20 Å². The van der Waals surface area contributed by atoms with Crippen LogP contribution in [0.5, 0.6) is 5.75 Å². The summed E-state index contributed by atoms with van der Waals surface area (Å²) in [5.74, 6) is 1.53. The Kier molecular flexibility index (Phi) is 11.5. The van der Waals surface area contributed by atoms with E-state index in [9.17, 15) is 0 Å². The van der Waals surface area contributed by atoms with Crippen molar-refractivity contribution in [2.75, 3.05) is 6.61 Å². The van der Waals surface area contributed by atoms with Crippen molar-refractivity contribution in [3.63, 3.8) is 0 Å². The monoisotopic (exact) mass is 395 g/mol. The Morgan fingerprint density at radius 2 is 1.45 bits per heavy atom. The smallest absolute Gasteiger partial charge is 0.119 e. The number of nitrogens with zero attached hydrogens (tertiary/aromatic N) is 1. The van der Waals surface area contributed by atoms with E-state index >= 15 is 0 Å². The first-order chi connectivity index (χ1) is 14.2. The maximum absolute atomic E-state index is 5.84. The van der Waals surface area contributed by atoms with Gasteiger partial charge in [-0.3, -0.25) is 4.98 Å². The van der Waals surface area contributed by atoms with Gasteiger partial charge < -0.3 is 4.74 Å². The molecule has 160 valence electrons. The lowest BCUT2D eigenvalue weighted by Crippen LogP contribution is -2.06. The minimum absolute atomic E-state index is 0.592. The molecule has 2 nitrogen and oxygen atoms in total. The summed E-state index contributed by atoms with van der Waals surface area (Å²) in [4.78, 5) is 4.68. The Morgan fingerprint density at radius 1 is 0.793 bits per heavy atom. The van der Waals surface area contributed by atoms with Crippen molar-refractivity contribution in [1.29, 1.82) is 0 Å². The Morgan fingerprint density at radius 3 is 2.03 bits per heavy atom. The number of unbranched alkanes of at least 4 members (excludes halogenated alkanes) is 8. The summed E-state index contributed by atoms with van der Waals surface area (Å²) in [6.07, 6.45) is 16.7. The van der Waals surface area contributed by atoms with E-state index in [0.717, 1.165) is 36.5 Å². The average Bonchev–Trinajstić information content (AvgIpc) is 2.77. The molecule has 1 heterocycles. The second-order valence-electron chi connectivity index (χ2n) is 8.48. The summed E-state index contributed by atoms with van der Waals surface area (Å²) in [5.41, 5.74) is 3.54.